The van der Waals surface area contributed by atoms with E-state index in [-0.39, 0.29) is 18.1 Å². The Labute approximate surface area is 103 Å². The number of rotatable bonds is 0. The molecule has 100 valence electrons. The van der Waals surface area contributed by atoms with Crippen molar-refractivity contribution in [2.24, 2.45) is 5.41 Å². The summed E-state index contributed by atoms with van der Waals surface area (Å²) in [5, 5.41) is 17.1. The first kappa shape index (κ1) is 18.4. The molecular weight excluding hydrogens is 224 g/mol. The van der Waals surface area contributed by atoms with E-state index in [9.17, 15) is 4.21 Å². The van der Waals surface area contributed by atoms with Gasteiger partial charge in [-0.05, 0) is 18.3 Å². The first-order chi connectivity index (χ1) is 7.19. The zero-order chi connectivity index (χ0) is 13.2. The van der Waals surface area contributed by atoms with Gasteiger partial charge >= 0.3 is 0 Å². The second-order valence-electron chi connectivity index (χ2n) is 5.40. The molecule has 16 heavy (non-hydrogen) atoms. The van der Waals surface area contributed by atoms with E-state index in [1.165, 1.54) is 12.8 Å². The van der Waals surface area contributed by atoms with Gasteiger partial charge in [-0.1, -0.05) is 33.6 Å². The summed E-state index contributed by atoms with van der Waals surface area (Å²) in [5.74, 6) is 0. The molecule has 1 rings (SSSR count). The first-order valence-corrected chi connectivity index (χ1v) is 7.69. The molecule has 0 saturated heterocycles. The molecule has 0 aromatic heterocycles. The third kappa shape index (κ3) is 23.7. The van der Waals surface area contributed by atoms with Crippen LogP contribution < -0.4 is 0 Å². The molecule has 0 unspecified atom stereocenters. The summed E-state index contributed by atoms with van der Waals surface area (Å²) in [6, 6.07) is 0. The van der Waals surface area contributed by atoms with Crippen molar-refractivity contribution in [2.45, 2.75) is 52.6 Å². The summed E-state index contributed by atoms with van der Waals surface area (Å²) in [6.07, 6.45) is 7.88. The molecule has 1 aliphatic carbocycles. The van der Waals surface area contributed by atoms with Gasteiger partial charge in [0.05, 0.1) is 6.10 Å². The highest BCUT2D eigenvalue weighted by molar-refractivity contribution is 7.83. The van der Waals surface area contributed by atoms with E-state index in [0.29, 0.717) is 0 Å². The van der Waals surface area contributed by atoms with Gasteiger partial charge in [0, 0.05) is 29.9 Å². The molecule has 0 amide bonds. The second kappa shape index (κ2) is 10.2. The number of hydrogen-bond donors (Lipinski definition) is 2. The van der Waals surface area contributed by atoms with E-state index < -0.39 is 10.8 Å². The number of aliphatic hydroxyl groups is 2. The molecule has 1 aliphatic rings. The fourth-order valence-electron chi connectivity index (χ4n) is 0.904. The van der Waals surface area contributed by atoms with Crippen LogP contribution in [0.5, 0.6) is 0 Å². The van der Waals surface area contributed by atoms with Crippen LogP contribution in [0.1, 0.15) is 46.5 Å². The minimum Gasteiger partial charge on any atom is -0.396 e. The summed E-state index contributed by atoms with van der Waals surface area (Å²) in [4.78, 5) is 0. The summed E-state index contributed by atoms with van der Waals surface area (Å²) < 4.78 is 9.56. The standard InChI is InChI=1S/C5H10O.C5H12O.C2H6OS/c6-5-3-1-2-4-5;1-5(2,3)4-6;1-4(2)3/h5-6H,1-4H2;6H,4H2,1-3H3;1-2H3. The van der Waals surface area contributed by atoms with Crippen molar-refractivity contribution < 1.29 is 14.4 Å². The topological polar surface area (TPSA) is 57.5 Å². The molecule has 4 heteroatoms. The van der Waals surface area contributed by atoms with Crippen LogP contribution in [0.25, 0.3) is 0 Å². The fraction of sp³-hybridized carbons (Fsp3) is 1.00. The van der Waals surface area contributed by atoms with Crippen LogP contribution >= 0.6 is 0 Å². The van der Waals surface area contributed by atoms with E-state index in [4.69, 9.17) is 10.2 Å². The van der Waals surface area contributed by atoms with E-state index in [1.54, 1.807) is 12.5 Å². The number of aliphatic hydroxyl groups excluding tert-OH is 2. The fourth-order valence-corrected chi connectivity index (χ4v) is 0.904. The molecule has 0 aromatic rings. The van der Waals surface area contributed by atoms with Gasteiger partial charge in [0.2, 0.25) is 0 Å². The van der Waals surface area contributed by atoms with Gasteiger partial charge in [-0.25, -0.2) is 0 Å². The molecule has 2 N–H and O–H groups in total. The molecule has 0 heterocycles. The molecule has 3 nitrogen and oxygen atoms in total. The maximum Gasteiger partial charge on any atom is 0.0540 e. The van der Waals surface area contributed by atoms with Crippen LogP contribution in [0.15, 0.2) is 0 Å². The summed E-state index contributed by atoms with van der Waals surface area (Å²) in [6.45, 7) is 6.25. The highest BCUT2D eigenvalue weighted by Gasteiger charge is 2.09. The lowest BCUT2D eigenvalue weighted by molar-refractivity contribution is 0.177. The molecule has 0 bridgehead atoms. The molecule has 0 spiro atoms. The van der Waals surface area contributed by atoms with Gasteiger partial charge in [0.15, 0.2) is 0 Å². The van der Waals surface area contributed by atoms with E-state index in [2.05, 4.69) is 0 Å². The molecular formula is C12H28O3S. The molecule has 0 atom stereocenters. The normalized spacial score (nSPS) is 16.2. The van der Waals surface area contributed by atoms with Gasteiger partial charge in [-0.15, -0.1) is 0 Å². The van der Waals surface area contributed by atoms with E-state index >= 15 is 0 Å². The largest absolute Gasteiger partial charge is 0.396 e. The maximum absolute atomic E-state index is 9.56. The SMILES string of the molecule is CC(C)(C)CO.CS(C)=O.OC1CCCC1. The highest BCUT2D eigenvalue weighted by Crippen LogP contribution is 2.16. The Morgan fingerprint density at radius 3 is 1.50 bits per heavy atom. The molecule has 1 saturated carbocycles. The summed E-state index contributed by atoms with van der Waals surface area (Å²) in [5.41, 5.74) is 0.0972. The van der Waals surface area contributed by atoms with Gasteiger partial charge in [0.25, 0.3) is 0 Å². The zero-order valence-corrected chi connectivity index (χ0v) is 12.1. The van der Waals surface area contributed by atoms with Gasteiger partial charge in [-0.3, -0.25) is 4.21 Å². The lowest BCUT2D eigenvalue weighted by Gasteiger charge is -2.11. The van der Waals surface area contributed by atoms with Crippen LogP contribution in [0, 0.1) is 5.41 Å². The average Bonchev–Trinajstić information content (AvgIpc) is 2.55. The average molecular weight is 252 g/mol. The minimum atomic E-state index is -0.611. The lowest BCUT2D eigenvalue weighted by Crippen LogP contribution is -2.09. The van der Waals surface area contributed by atoms with Crippen LogP contribution in [0.3, 0.4) is 0 Å². The first-order valence-electron chi connectivity index (χ1n) is 5.73. The Morgan fingerprint density at radius 2 is 1.44 bits per heavy atom. The summed E-state index contributed by atoms with van der Waals surface area (Å²) in [7, 11) is -0.611. The molecule has 0 aromatic carbocycles. The summed E-state index contributed by atoms with van der Waals surface area (Å²) >= 11 is 0. The Balaban J connectivity index is 0. The Hall–Kier alpha value is 0.0700. The van der Waals surface area contributed by atoms with Crippen molar-refractivity contribution >= 4 is 10.8 Å². The monoisotopic (exact) mass is 252 g/mol. The molecule has 0 radical (unpaired) electrons. The number of hydrogen-bond acceptors (Lipinski definition) is 3. The third-order valence-corrected chi connectivity index (χ3v) is 1.80. The van der Waals surface area contributed by atoms with Crippen LogP contribution in [0.2, 0.25) is 0 Å². The van der Waals surface area contributed by atoms with Crippen molar-refractivity contribution in [3.63, 3.8) is 0 Å². The maximum atomic E-state index is 9.56. The quantitative estimate of drug-likeness (QED) is 0.693. The predicted octanol–water partition coefficient (Wildman–Crippen LogP) is 1.94. The Morgan fingerprint density at radius 1 is 1.19 bits per heavy atom. The van der Waals surface area contributed by atoms with Gasteiger partial charge in [0.1, 0.15) is 0 Å². The predicted molar refractivity (Wildman–Crippen MR) is 71.0 cm³/mol. The minimum absolute atomic E-state index is 0.0463. The van der Waals surface area contributed by atoms with Gasteiger partial charge in [-0.2, -0.15) is 0 Å². The van der Waals surface area contributed by atoms with Crippen molar-refractivity contribution in [3.8, 4) is 0 Å². The Kier molecular flexibility index (Phi) is 11.8. The third-order valence-electron chi connectivity index (χ3n) is 1.80. The Bertz CT molecular complexity index is 166. The molecule has 0 aliphatic heterocycles. The van der Waals surface area contributed by atoms with Crippen LogP contribution in [-0.2, 0) is 10.8 Å². The van der Waals surface area contributed by atoms with Crippen molar-refractivity contribution in [1.29, 1.82) is 0 Å². The van der Waals surface area contributed by atoms with E-state index in [1.807, 2.05) is 20.8 Å². The van der Waals surface area contributed by atoms with Gasteiger partial charge < -0.3 is 10.2 Å². The smallest absolute Gasteiger partial charge is 0.0540 e. The lowest BCUT2D eigenvalue weighted by atomic mass is 9.99. The van der Waals surface area contributed by atoms with Crippen molar-refractivity contribution in [2.75, 3.05) is 19.1 Å². The van der Waals surface area contributed by atoms with E-state index in [0.717, 1.165) is 12.8 Å². The van der Waals surface area contributed by atoms with Crippen LogP contribution in [-0.4, -0.2) is 39.6 Å². The van der Waals surface area contributed by atoms with Crippen LogP contribution in [0.4, 0.5) is 0 Å². The van der Waals surface area contributed by atoms with Crippen molar-refractivity contribution in [3.05, 3.63) is 0 Å². The second-order valence-corrected chi connectivity index (χ2v) is 6.88. The highest BCUT2D eigenvalue weighted by atomic mass is 32.2. The molecule has 1 fully saturated rings. The van der Waals surface area contributed by atoms with Crippen molar-refractivity contribution in [1.82, 2.24) is 0 Å². The zero-order valence-electron chi connectivity index (χ0n) is 11.3.